The summed E-state index contributed by atoms with van der Waals surface area (Å²) in [6, 6.07) is 12.7. The second-order valence-corrected chi connectivity index (χ2v) is 5.30. The Morgan fingerprint density at radius 2 is 2.11 bits per heavy atom. The van der Waals surface area contributed by atoms with Crippen LogP contribution < -0.4 is 5.32 Å². The third-order valence-corrected chi connectivity index (χ3v) is 3.49. The van der Waals surface area contributed by atoms with Crippen molar-refractivity contribution in [3.05, 3.63) is 58.9 Å². The number of hydrogen-bond donors (Lipinski definition) is 1. The average Bonchev–Trinajstić information content (AvgIpc) is 2.84. The summed E-state index contributed by atoms with van der Waals surface area (Å²) in [7, 11) is 0. The van der Waals surface area contributed by atoms with E-state index >= 15 is 0 Å². The highest BCUT2D eigenvalue weighted by Crippen LogP contribution is 2.17. The highest BCUT2D eigenvalue weighted by atomic mass is 35.5. The molecule has 0 bridgehead atoms. The van der Waals surface area contributed by atoms with E-state index in [1.165, 1.54) is 11.3 Å². The van der Waals surface area contributed by atoms with Crippen LogP contribution in [0.2, 0.25) is 5.02 Å². The van der Waals surface area contributed by atoms with Gasteiger partial charge in [0, 0.05) is 29.5 Å². The molecule has 19 heavy (non-hydrogen) atoms. The summed E-state index contributed by atoms with van der Waals surface area (Å²) < 4.78 is 2.28. The summed E-state index contributed by atoms with van der Waals surface area (Å²) in [6.45, 7) is 6.30. The minimum atomic E-state index is 0.370. The van der Waals surface area contributed by atoms with Crippen molar-refractivity contribution in [1.82, 2.24) is 9.88 Å². The largest absolute Gasteiger partial charge is 0.346 e. The fraction of sp³-hybridized carbons (Fsp3) is 0.375. The Bertz CT molecular complexity index is 519. The minimum Gasteiger partial charge on any atom is -0.346 e. The second kappa shape index (κ2) is 6.78. The molecule has 0 radical (unpaired) electrons. The molecule has 0 aliphatic heterocycles. The van der Waals surface area contributed by atoms with Crippen molar-refractivity contribution >= 4 is 11.6 Å². The molecule has 1 heterocycles. The smallest absolute Gasteiger partial charge is 0.0474 e. The van der Waals surface area contributed by atoms with Crippen molar-refractivity contribution in [3.63, 3.8) is 0 Å². The predicted octanol–water partition coefficient (Wildman–Crippen LogP) is 4.25. The lowest BCUT2D eigenvalue weighted by Crippen LogP contribution is -2.22. The quantitative estimate of drug-likeness (QED) is 0.835. The van der Waals surface area contributed by atoms with E-state index in [2.05, 4.69) is 48.1 Å². The zero-order chi connectivity index (χ0) is 13.7. The van der Waals surface area contributed by atoms with Crippen LogP contribution in [0.25, 0.3) is 0 Å². The van der Waals surface area contributed by atoms with Gasteiger partial charge in [0.25, 0.3) is 0 Å². The standard InChI is InChI=1S/C16H21ClN2/c1-3-9-18-13(2)16-8-5-10-19(16)12-14-6-4-7-15(17)11-14/h4-8,10-11,13,18H,3,9,12H2,1-2H3. The van der Waals surface area contributed by atoms with Crippen LogP contribution in [0.15, 0.2) is 42.6 Å². The van der Waals surface area contributed by atoms with Gasteiger partial charge in [-0.1, -0.05) is 30.7 Å². The van der Waals surface area contributed by atoms with Gasteiger partial charge in [-0.05, 0) is 49.7 Å². The molecular formula is C16H21ClN2. The first-order valence-electron chi connectivity index (χ1n) is 6.83. The first kappa shape index (κ1) is 14.2. The molecule has 0 amide bonds. The summed E-state index contributed by atoms with van der Waals surface area (Å²) in [5.74, 6) is 0. The van der Waals surface area contributed by atoms with Gasteiger partial charge in [0.15, 0.2) is 0 Å². The molecule has 2 nitrogen and oxygen atoms in total. The Morgan fingerprint density at radius 1 is 1.26 bits per heavy atom. The molecule has 0 spiro atoms. The van der Waals surface area contributed by atoms with Gasteiger partial charge in [-0.15, -0.1) is 0 Å². The lowest BCUT2D eigenvalue weighted by molar-refractivity contribution is 0.534. The molecule has 3 heteroatoms. The van der Waals surface area contributed by atoms with Crippen molar-refractivity contribution in [1.29, 1.82) is 0 Å². The molecule has 1 atom stereocenters. The summed E-state index contributed by atoms with van der Waals surface area (Å²) in [6.07, 6.45) is 3.28. The van der Waals surface area contributed by atoms with Crippen molar-refractivity contribution in [2.24, 2.45) is 0 Å². The number of hydrogen-bond acceptors (Lipinski definition) is 1. The summed E-state index contributed by atoms with van der Waals surface area (Å²) in [5.41, 5.74) is 2.54. The van der Waals surface area contributed by atoms with Crippen LogP contribution in [-0.2, 0) is 6.54 Å². The van der Waals surface area contributed by atoms with Crippen molar-refractivity contribution in [2.45, 2.75) is 32.9 Å². The molecule has 0 fully saturated rings. The van der Waals surface area contributed by atoms with E-state index in [9.17, 15) is 0 Å². The van der Waals surface area contributed by atoms with Gasteiger partial charge < -0.3 is 9.88 Å². The van der Waals surface area contributed by atoms with Gasteiger partial charge in [-0.25, -0.2) is 0 Å². The van der Waals surface area contributed by atoms with E-state index in [0.717, 1.165) is 24.5 Å². The summed E-state index contributed by atoms with van der Waals surface area (Å²) in [5, 5.41) is 4.32. The van der Waals surface area contributed by atoms with E-state index < -0.39 is 0 Å². The number of aromatic nitrogens is 1. The zero-order valence-electron chi connectivity index (χ0n) is 11.6. The topological polar surface area (TPSA) is 17.0 Å². The van der Waals surface area contributed by atoms with E-state index in [0.29, 0.717) is 6.04 Å². The first-order chi connectivity index (χ1) is 9.20. The lowest BCUT2D eigenvalue weighted by atomic mass is 10.2. The highest BCUT2D eigenvalue weighted by molar-refractivity contribution is 6.30. The third-order valence-electron chi connectivity index (χ3n) is 3.25. The Labute approximate surface area is 120 Å². The van der Waals surface area contributed by atoms with Gasteiger partial charge in [-0.2, -0.15) is 0 Å². The van der Waals surface area contributed by atoms with Gasteiger partial charge in [0.05, 0.1) is 0 Å². The third kappa shape index (κ3) is 3.85. The van der Waals surface area contributed by atoms with E-state index in [-0.39, 0.29) is 0 Å². The van der Waals surface area contributed by atoms with Crippen LogP contribution in [0, 0.1) is 0 Å². The fourth-order valence-electron chi connectivity index (χ4n) is 2.26. The van der Waals surface area contributed by atoms with Crippen LogP contribution >= 0.6 is 11.6 Å². The Morgan fingerprint density at radius 3 is 2.84 bits per heavy atom. The Balaban J connectivity index is 2.11. The van der Waals surface area contributed by atoms with Crippen LogP contribution in [0.5, 0.6) is 0 Å². The summed E-state index contributed by atoms with van der Waals surface area (Å²) in [4.78, 5) is 0. The normalized spacial score (nSPS) is 12.6. The molecule has 0 saturated heterocycles. The van der Waals surface area contributed by atoms with Crippen LogP contribution in [-0.4, -0.2) is 11.1 Å². The maximum atomic E-state index is 6.03. The molecule has 2 rings (SSSR count). The monoisotopic (exact) mass is 276 g/mol. The molecule has 1 aromatic heterocycles. The molecule has 0 aliphatic rings. The molecule has 0 aliphatic carbocycles. The van der Waals surface area contributed by atoms with Crippen LogP contribution in [0.4, 0.5) is 0 Å². The van der Waals surface area contributed by atoms with Gasteiger partial charge in [-0.3, -0.25) is 0 Å². The van der Waals surface area contributed by atoms with E-state index in [1.54, 1.807) is 0 Å². The van der Waals surface area contributed by atoms with Crippen molar-refractivity contribution in [2.75, 3.05) is 6.54 Å². The maximum Gasteiger partial charge on any atom is 0.0474 e. The van der Waals surface area contributed by atoms with Gasteiger partial charge >= 0.3 is 0 Å². The molecule has 1 N–H and O–H groups in total. The lowest BCUT2D eigenvalue weighted by Gasteiger charge is -2.17. The number of nitrogens with one attached hydrogen (secondary N) is 1. The van der Waals surface area contributed by atoms with Gasteiger partial charge in [0.1, 0.15) is 0 Å². The zero-order valence-corrected chi connectivity index (χ0v) is 12.3. The maximum absolute atomic E-state index is 6.03. The number of rotatable bonds is 6. The molecule has 102 valence electrons. The molecule has 1 aromatic carbocycles. The van der Waals surface area contributed by atoms with E-state index in [1.807, 2.05) is 18.2 Å². The van der Waals surface area contributed by atoms with Gasteiger partial charge in [0.2, 0.25) is 0 Å². The summed E-state index contributed by atoms with van der Waals surface area (Å²) >= 11 is 6.03. The van der Waals surface area contributed by atoms with Crippen molar-refractivity contribution < 1.29 is 0 Å². The van der Waals surface area contributed by atoms with Crippen LogP contribution in [0.1, 0.15) is 37.6 Å². The average molecular weight is 277 g/mol. The SMILES string of the molecule is CCCNC(C)c1cccn1Cc1cccc(Cl)c1. The van der Waals surface area contributed by atoms with Crippen LogP contribution in [0.3, 0.4) is 0 Å². The Hall–Kier alpha value is -1.25. The number of nitrogens with zero attached hydrogens (tertiary/aromatic N) is 1. The second-order valence-electron chi connectivity index (χ2n) is 4.87. The molecule has 2 aromatic rings. The van der Waals surface area contributed by atoms with Crippen molar-refractivity contribution in [3.8, 4) is 0 Å². The minimum absolute atomic E-state index is 0.370. The predicted molar refractivity (Wildman–Crippen MR) is 81.7 cm³/mol. The molecule has 1 unspecified atom stereocenters. The first-order valence-corrected chi connectivity index (χ1v) is 7.21. The Kier molecular flexibility index (Phi) is 5.06. The molecular weight excluding hydrogens is 256 g/mol. The van der Waals surface area contributed by atoms with E-state index in [4.69, 9.17) is 11.6 Å². The highest BCUT2D eigenvalue weighted by Gasteiger charge is 2.09. The number of halogens is 1. The molecule has 0 saturated carbocycles. The number of benzene rings is 1. The fourth-order valence-corrected chi connectivity index (χ4v) is 2.47.